The molecule has 6 nitrogen and oxygen atoms in total. The summed E-state index contributed by atoms with van der Waals surface area (Å²) in [6.45, 7) is 0.677. The normalized spacial score (nSPS) is 19.3. The van der Waals surface area contributed by atoms with Crippen LogP contribution in [0.5, 0.6) is 11.5 Å². The largest absolute Gasteiger partial charge is 0.486 e. The summed E-state index contributed by atoms with van der Waals surface area (Å²) in [7, 11) is -3.55. The van der Waals surface area contributed by atoms with Crippen LogP contribution < -0.4 is 9.47 Å². The van der Waals surface area contributed by atoms with Crippen LogP contribution in [0.2, 0.25) is 0 Å². The van der Waals surface area contributed by atoms with Gasteiger partial charge >= 0.3 is 0 Å². The lowest BCUT2D eigenvalue weighted by Gasteiger charge is -2.38. The first-order chi connectivity index (χ1) is 9.98. The van der Waals surface area contributed by atoms with E-state index < -0.39 is 15.4 Å². The van der Waals surface area contributed by atoms with Crippen LogP contribution >= 0.6 is 0 Å². The zero-order chi connectivity index (χ0) is 15.1. The van der Waals surface area contributed by atoms with Crippen LogP contribution in [0.15, 0.2) is 22.0 Å². The lowest BCUT2D eigenvalue weighted by atomic mass is 9.72. The van der Waals surface area contributed by atoms with Gasteiger partial charge in [-0.25, -0.2) is 13.2 Å². The average molecular weight is 309 g/mol. The van der Waals surface area contributed by atoms with Crippen LogP contribution in [0.3, 0.4) is 0 Å². The predicted octanol–water partition coefficient (Wildman–Crippen LogP) is 1.58. The Balaban J connectivity index is 2.28. The number of fused-ring (bicyclic) bond motifs is 1. The van der Waals surface area contributed by atoms with E-state index in [1.54, 1.807) is 18.2 Å². The number of aliphatic imine (C=N–C) groups is 1. The van der Waals surface area contributed by atoms with E-state index in [4.69, 9.17) is 9.47 Å². The maximum Gasteiger partial charge on any atom is 0.235 e. The number of hydrogen-bond acceptors (Lipinski definition) is 6. The molecule has 0 amide bonds. The van der Waals surface area contributed by atoms with Crippen molar-refractivity contribution >= 4 is 15.9 Å². The molecular formula is C14H15NO5S. The molecule has 0 spiro atoms. The molecule has 1 saturated carbocycles. The summed E-state index contributed by atoms with van der Waals surface area (Å²) in [5, 5.41) is 0. The summed E-state index contributed by atoms with van der Waals surface area (Å²) in [6, 6.07) is 3.35. The summed E-state index contributed by atoms with van der Waals surface area (Å²) in [5.74, 6) is 0.642. The minimum Gasteiger partial charge on any atom is -0.486 e. The lowest BCUT2D eigenvalue weighted by molar-refractivity contribution is 0.164. The van der Waals surface area contributed by atoms with Crippen molar-refractivity contribution in [2.75, 3.05) is 19.5 Å². The zero-order valence-electron chi connectivity index (χ0n) is 11.6. The molecule has 0 aromatic heterocycles. The summed E-state index contributed by atoms with van der Waals surface area (Å²) in [6.07, 6.45) is 4.85. The van der Waals surface area contributed by atoms with Crippen molar-refractivity contribution in [3.63, 3.8) is 0 Å². The zero-order valence-corrected chi connectivity index (χ0v) is 12.4. The molecule has 0 saturated heterocycles. The summed E-state index contributed by atoms with van der Waals surface area (Å²) in [5.41, 5.74) is -0.292. The Morgan fingerprint density at radius 3 is 2.52 bits per heavy atom. The highest BCUT2D eigenvalue weighted by molar-refractivity contribution is 7.90. The molecule has 0 bridgehead atoms. The second kappa shape index (κ2) is 4.86. The first-order valence-electron chi connectivity index (χ1n) is 6.70. The fourth-order valence-corrected chi connectivity index (χ4v) is 4.02. The van der Waals surface area contributed by atoms with Crippen molar-refractivity contribution in [2.45, 2.75) is 29.7 Å². The molecule has 112 valence electrons. The van der Waals surface area contributed by atoms with Crippen molar-refractivity contribution in [2.24, 2.45) is 4.99 Å². The van der Waals surface area contributed by atoms with Crippen LogP contribution in [-0.4, -0.2) is 34.0 Å². The van der Waals surface area contributed by atoms with Crippen molar-refractivity contribution < 1.29 is 22.7 Å². The van der Waals surface area contributed by atoms with Crippen LogP contribution in [0.4, 0.5) is 0 Å². The van der Waals surface area contributed by atoms with E-state index in [2.05, 4.69) is 4.99 Å². The molecular weight excluding hydrogens is 294 g/mol. The number of hydrogen-bond donors (Lipinski definition) is 0. The van der Waals surface area contributed by atoms with Gasteiger partial charge in [-0.1, -0.05) is 6.07 Å². The molecule has 21 heavy (non-hydrogen) atoms. The maximum atomic E-state index is 12.2. The molecule has 1 aromatic rings. The van der Waals surface area contributed by atoms with Gasteiger partial charge in [0, 0.05) is 11.8 Å². The number of isocyanates is 1. The second-order valence-corrected chi connectivity index (χ2v) is 7.28. The van der Waals surface area contributed by atoms with Crippen LogP contribution in [0.25, 0.3) is 0 Å². The first kappa shape index (κ1) is 14.1. The topological polar surface area (TPSA) is 82.0 Å². The second-order valence-electron chi connectivity index (χ2n) is 5.33. The number of carbonyl (C=O) groups excluding carboxylic acids is 1. The van der Waals surface area contributed by atoms with Gasteiger partial charge in [0.2, 0.25) is 6.08 Å². The summed E-state index contributed by atoms with van der Waals surface area (Å²) >= 11 is 0. The van der Waals surface area contributed by atoms with Gasteiger partial charge in [0.15, 0.2) is 21.3 Å². The van der Waals surface area contributed by atoms with Crippen LogP contribution in [0.1, 0.15) is 24.8 Å². The van der Waals surface area contributed by atoms with Gasteiger partial charge in [0.25, 0.3) is 0 Å². The Bertz CT molecular complexity index is 730. The monoisotopic (exact) mass is 309 g/mol. The van der Waals surface area contributed by atoms with E-state index in [0.29, 0.717) is 37.4 Å². The smallest absolute Gasteiger partial charge is 0.235 e. The van der Waals surface area contributed by atoms with Gasteiger partial charge in [-0.15, -0.1) is 0 Å². The molecule has 7 heteroatoms. The van der Waals surface area contributed by atoms with Crippen molar-refractivity contribution in [3.05, 3.63) is 17.7 Å². The van der Waals surface area contributed by atoms with E-state index in [1.165, 1.54) is 0 Å². The molecule has 0 N–H and O–H groups in total. The lowest BCUT2D eigenvalue weighted by Crippen LogP contribution is -2.34. The fourth-order valence-electron chi connectivity index (χ4n) is 2.87. The Hall–Kier alpha value is -1.85. The molecule has 3 rings (SSSR count). The standard InChI is InChI=1S/C14H15NO5S/c1-21(17,18)13-10(14(15-9-16)5-2-6-14)3-4-11-12(13)20-8-7-19-11/h3-4H,2,5-8H2,1H3. The minimum absolute atomic E-state index is 0.0819. The number of ether oxygens (including phenoxy) is 2. The van der Waals surface area contributed by atoms with Crippen molar-refractivity contribution in [3.8, 4) is 11.5 Å². The number of rotatable bonds is 3. The SMILES string of the molecule is CS(=O)(=O)c1c(C2(N=C=O)CCC2)ccc2c1OCCO2. The van der Waals surface area contributed by atoms with Crippen LogP contribution in [0, 0.1) is 0 Å². The number of sulfone groups is 1. The average Bonchev–Trinajstić information content (AvgIpc) is 2.40. The Morgan fingerprint density at radius 2 is 1.95 bits per heavy atom. The van der Waals surface area contributed by atoms with Gasteiger partial charge in [0.05, 0.1) is 5.54 Å². The Kier molecular flexibility index (Phi) is 3.26. The highest BCUT2D eigenvalue weighted by atomic mass is 32.2. The van der Waals surface area contributed by atoms with Gasteiger partial charge in [-0.2, -0.15) is 4.99 Å². The molecule has 1 heterocycles. The van der Waals surface area contributed by atoms with Gasteiger partial charge in [-0.3, -0.25) is 0 Å². The Morgan fingerprint density at radius 1 is 1.24 bits per heavy atom. The molecule has 1 aliphatic carbocycles. The number of nitrogens with zero attached hydrogens (tertiary/aromatic N) is 1. The molecule has 1 aliphatic heterocycles. The third kappa shape index (κ3) is 2.22. The van der Waals surface area contributed by atoms with E-state index in [0.717, 1.165) is 12.7 Å². The van der Waals surface area contributed by atoms with Gasteiger partial charge in [0.1, 0.15) is 18.1 Å². The maximum absolute atomic E-state index is 12.2. The molecule has 1 aromatic carbocycles. The quantitative estimate of drug-likeness (QED) is 0.625. The van der Waals surface area contributed by atoms with E-state index in [-0.39, 0.29) is 10.6 Å². The fraction of sp³-hybridized carbons (Fsp3) is 0.500. The highest BCUT2D eigenvalue weighted by Gasteiger charge is 2.44. The van der Waals surface area contributed by atoms with Gasteiger partial charge < -0.3 is 9.47 Å². The predicted molar refractivity (Wildman–Crippen MR) is 74.2 cm³/mol. The van der Waals surface area contributed by atoms with Gasteiger partial charge in [-0.05, 0) is 25.3 Å². The first-order valence-corrected chi connectivity index (χ1v) is 8.59. The molecule has 0 atom stereocenters. The molecule has 2 aliphatic rings. The van der Waals surface area contributed by atoms with E-state index in [9.17, 15) is 13.2 Å². The third-order valence-corrected chi connectivity index (χ3v) is 5.12. The van der Waals surface area contributed by atoms with Crippen molar-refractivity contribution in [1.29, 1.82) is 0 Å². The Labute approximate surface area is 122 Å². The highest BCUT2D eigenvalue weighted by Crippen LogP contribution is 2.51. The van der Waals surface area contributed by atoms with E-state index in [1.807, 2.05) is 0 Å². The summed E-state index contributed by atoms with van der Waals surface area (Å²) in [4.78, 5) is 14.7. The molecule has 1 fully saturated rings. The minimum atomic E-state index is -3.55. The molecule has 0 unspecified atom stereocenters. The third-order valence-electron chi connectivity index (χ3n) is 3.98. The molecule has 0 radical (unpaired) electrons. The summed E-state index contributed by atoms with van der Waals surface area (Å²) < 4.78 is 35.4. The van der Waals surface area contributed by atoms with Crippen molar-refractivity contribution in [1.82, 2.24) is 0 Å². The number of benzene rings is 1. The van der Waals surface area contributed by atoms with Crippen LogP contribution in [-0.2, 0) is 20.2 Å². The van der Waals surface area contributed by atoms with E-state index >= 15 is 0 Å².